The van der Waals surface area contributed by atoms with E-state index in [0.29, 0.717) is 12.1 Å². The summed E-state index contributed by atoms with van der Waals surface area (Å²) >= 11 is 0. The fourth-order valence-corrected chi connectivity index (χ4v) is 0.872. The predicted molar refractivity (Wildman–Crippen MR) is 38.9 cm³/mol. The molecule has 0 atom stereocenters. The molecule has 0 heterocycles. The Kier molecular flexibility index (Phi) is 2.23. The minimum Gasteiger partial charge on any atom is -0.309 e. The molecule has 2 nitrogen and oxygen atoms in total. The lowest BCUT2D eigenvalue weighted by atomic mass is 10.3. The lowest BCUT2D eigenvalue weighted by molar-refractivity contribution is 0.541. The van der Waals surface area contributed by atoms with Gasteiger partial charge in [-0.15, -0.1) is 0 Å². The Labute approximate surface area is 67.4 Å². The lowest BCUT2D eigenvalue weighted by Crippen LogP contribution is -2.27. The Morgan fingerprint density at radius 1 is 1.17 bits per heavy atom. The molecule has 0 spiro atoms. The highest BCUT2D eigenvalue weighted by Gasteiger charge is 2.12. The average Bonchev–Trinajstić information content (AvgIpc) is 1.82. The van der Waals surface area contributed by atoms with Gasteiger partial charge in [0.2, 0.25) is 0 Å². The normalized spacial score (nSPS) is 10.1. The summed E-state index contributed by atoms with van der Waals surface area (Å²) in [5, 5.41) is 0.754. The van der Waals surface area contributed by atoms with Gasteiger partial charge < -0.3 is 5.01 Å². The van der Waals surface area contributed by atoms with E-state index in [9.17, 15) is 13.2 Å². The number of hydrazine groups is 1. The molecule has 0 amide bonds. The Hall–Kier alpha value is -1.23. The van der Waals surface area contributed by atoms with E-state index in [1.54, 1.807) is 0 Å². The third-order valence-electron chi connectivity index (χ3n) is 1.33. The summed E-state index contributed by atoms with van der Waals surface area (Å²) in [6, 6.07) is 1.14. The molecule has 2 N–H and O–H groups in total. The number of anilines is 1. The summed E-state index contributed by atoms with van der Waals surface area (Å²) < 4.78 is 37.9. The Balaban J connectivity index is 3.28. The largest absolute Gasteiger partial charge is 0.309 e. The summed E-state index contributed by atoms with van der Waals surface area (Å²) in [7, 11) is 1.26. The van der Waals surface area contributed by atoms with Crippen molar-refractivity contribution in [3.63, 3.8) is 0 Å². The number of nitrogens with two attached hydrogens (primary N) is 1. The van der Waals surface area contributed by atoms with Crippen molar-refractivity contribution < 1.29 is 13.2 Å². The molecule has 0 fully saturated rings. The van der Waals surface area contributed by atoms with Gasteiger partial charge in [-0.05, 0) is 0 Å². The van der Waals surface area contributed by atoms with Crippen LogP contribution in [0.2, 0.25) is 0 Å². The second-order valence-electron chi connectivity index (χ2n) is 2.33. The van der Waals surface area contributed by atoms with Crippen molar-refractivity contribution in [3.8, 4) is 0 Å². The zero-order chi connectivity index (χ0) is 9.30. The highest BCUT2D eigenvalue weighted by atomic mass is 19.1. The van der Waals surface area contributed by atoms with Crippen LogP contribution in [0.5, 0.6) is 0 Å². The molecule has 0 aromatic heterocycles. The van der Waals surface area contributed by atoms with Gasteiger partial charge in [0.1, 0.15) is 11.5 Å². The number of halogens is 3. The number of hydrogen-bond acceptors (Lipinski definition) is 2. The molecule has 0 unspecified atom stereocenters. The van der Waals surface area contributed by atoms with Crippen LogP contribution in [0.4, 0.5) is 18.9 Å². The van der Waals surface area contributed by atoms with Crippen molar-refractivity contribution in [3.05, 3.63) is 29.6 Å². The SMILES string of the molecule is CN(N)c1c(F)cc(F)cc1F. The van der Waals surface area contributed by atoms with Crippen LogP contribution in [0.1, 0.15) is 0 Å². The van der Waals surface area contributed by atoms with Crippen molar-refractivity contribution in [1.82, 2.24) is 0 Å². The molecule has 66 valence electrons. The quantitative estimate of drug-likeness (QED) is 0.517. The third-order valence-corrected chi connectivity index (χ3v) is 1.33. The highest BCUT2D eigenvalue weighted by Crippen LogP contribution is 2.21. The fraction of sp³-hybridized carbons (Fsp3) is 0.143. The smallest absolute Gasteiger partial charge is 0.153 e. The van der Waals surface area contributed by atoms with Crippen LogP contribution < -0.4 is 10.9 Å². The maximum Gasteiger partial charge on any atom is 0.153 e. The summed E-state index contributed by atoms with van der Waals surface area (Å²) in [5.74, 6) is 2.10. The minimum atomic E-state index is -1.02. The van der Waals surface area contributed by atoms with E-state index < -0.39 is 23.1 Å². The molecule has 0 saturated heterocycles. The number of benzene rings is 1. The van der Waals surface area contributed by atoms with Gasteiger partial charge in [-0.2, -0.15) is 0 Å². The molecule has 0 aliphatic heterocycles. The summed E-state index contributed by atoms with van der Waals surface area (Å²) in [4.78, 5) is 0. The van der Waals surface area contributed by atoms with Gasteiger partial charge in [0.25, 0.3) is 0 Å². The summed E-state index contributed by atoms with van der Waals surface area (Å²) in [6.07, 6.45) is 0. The standard InChI is InChI=1S/C7H7F3N2/c1-12(11)7-5(9)2-4(8)3-6(7)10/h2-3H,11H2,1H3. The van der Waals surface area contributed by atoms with Crippen LogP contribution in [-0.4, -0.2) is 7.05 Å². The molecule has 0 radical (unpaired) electrons. The summed E-state index contributed by atoms with van der Waals surface area (Å²) in [5.41, 5.74) is -0.448. The lowest BCUT2D eigenvalue weighted by Gasteiger charge is -2.13. The number of hydrogen-bond donors (Lipinski definition) is 1. The van der Waals surface area contributed by atoms with Gasteiger partial charge in [-0.1, -0.05) is 0 Å². The van der Waals surface area contributed by atoms with Crippen molar-refractivity contribution in [2.75, 3.05) is 12.1 Å². The summed E-state index contributed by atoms with van der Waals surface area (Å²) in [6.45, 7) is 0. The number of rotatable bonds is 1. The van der Waals surface area contributed by atoms with E-state index in [-0.39, 0.29) is 0 Å². The third kappa shape index (κ3) is 1.50. The van der Waals surface area contributed by atoms with E-state index in [4.69, 9.17) is 5.84 Å². The molecule has 1 aromatic carbocycles. The first-order chi connectivity index (χ1) is 5.52. The zero-order valence-electron chi connectivity index (χ0n) is 6.31. The average molecular weight is 176 g/mol. The second-order valence-corrected chi connectivity index (χ2v) is 2.33. The molecule has 1 aromatic rings. The van der Waals surface area contributed by atoms with Crippen molar-refractivity contribution in [2.45, 2.75) is 0 Å². The first-order valence-corrected chi connectivity index (χ1v) is 3.15. The van der Waals surface area contributed by atoms with E-state index in [2.05, 4.69) is 0 Å². The highest BCUT2D eigenvalue weighted by molar-refractivity contribution is 5.47. The molecule has 0 saturated carbocycles. The second kappa shape index (κ2) is 3.02. The Morgan fingerprint density at radius 3 is 1.92 bits per heavy atom. The van der Waals surface area contributed by atoms with Crippen molar-refractivity contribution >= 4 is 5.69 Å². The maximum absolute atomic E-state index is 12.8. The molecule has 0 bridgehead atoms. The van der Waals surface area contributed by atoms with Gasteiger partial charge in [0.05, 0.1) is 0 Å². The maximum atomic E-state index is 12.8. The van der Waals surface area contributed by atoms with E-state index in [1.165, 1.54) is 7.05 Å². The first kappa shape index (κ1) is 8.86. The van der Waals surface area contributed by atoms with Gasteiger partial charge in [-0.3, -0.25) is 0 Å². The number of nitrogens with zero attached hydrogens (tertiary/aromatic N) is 1. The molecule has 0 aliphatic carbocycles. The van der Waals surface area contributed by atoms with E-state index in [0.717, 1.165) is 5.01 Å². The van der Waals surface area contributed by atoms with Crippen LogP contribution >= 0.6 is 0 Å². The molecule has 12 heavy (non-hydrogen) atoms. The molecular weight excluding hydrogens is 169 g/mol. The zero-order valence-corrected chi connectivity index (χ0v) is 6.31. The van der Waals surface area contributed by atoms with Crippen molar-refractivity contribution in [1.29, 1.82) is 0 Å². The molecule has 0 aliphatic rings. The Bertz CT molecular complexity index is 276. The minimum absolute atomic E-state index is 0.448. The van der Waals surface area contributed by atoms with Crippen LogP contribution in [0.3, 0.4) is 0 Å². The van der Waals surface area contributed by atoms with Gasteiger partial charge in [-0.25, -0.2) is 19.0 Å². The van der Waals surface area contributed by atoms with Crippen LogP contribution in [0, 0.1) is 17.5 Å². The van der Waals surface area contributed by atoms with E-state index in [1.807, 2.05) is 0 Å². The van der Waals surface area contributed by atoms with Gasteiger partial charge in [0, 0.05) is 19.2 Å². The predicted octanol–water partition coefficient (Wildman–Crippen LogP) is 1.41. The topological polar surface area (TPSA) is 29.3 Å². The van der Waals surface area contributed by atoms with Crippen LogP contribution in [0.25, 0.3) is 0 Å². The van der Waals surface area contributed by atoms with Crippen LogP contribution in [-0.2, 0) is 0 Å². The monoisotopic (exact) mass is 176 g/mol. The molecule has 5 heteroatoms. The fourth-order valence-electron chi connectivity index (χ4n) is 0.872. The molecular formula is C7H7F3N2. The molecule has 1 rings (SSSR count). The first-order valence-electron chi connectivity index (χ1n) is 3.15. The van der Waals surface area contributed by atoms with Crippen LogP contribution in [0.15, 0.2) is 12.1 Å². The van der Waals surface area contributed by atoms with E-state index >= 15 is 0 Å². The Morgan fingerprint density at radius 2 is 1.58 bits per heavy atom. The van der Waals surface area contributed by atoms with Crippen molar-refractivity contribution in [2.24, 2.45) is 5.84 Å². The van der Waals surface area contributed by atoms with Gasteiger partial charge >= 0.3 is 0 Å². The van der Waals surface area contributed by atoms with Gasteiger partial charge in [0.15, 0.2) is 11.6 Å².